The van der Waals surface area contributed by atoms with Crippen molar-refractivity contribution in [2.24, 2.45) is 16.7 Å². The molecule has 3 nitrogen and oxygen atoms in total. The molecule has 2 atom stereocenters. The van der Waals surface area contributed by atoms with Crippen LogP contribution in [0.15, 0.2) is 40.9 Å². The van der Waals surface area contributed by atoms with Gasteiger partial charge in [-0.3, -0.25) is 0 Å². The Balaban J connectivity index is 1.31. The van der Waals surface area contributed by atoms with Gasteiger partial charge < -0.3 is 14.8 Å². The van der Waals surface area contributed by atoms with E-state index in [1.165, 1.54) is 49.7 Å². The number of aryl methyl sites for hydroxylation is 1. The van der Waals surface area contributed by atoms with Gasteiger partial charge in [0.25, 0.3) is 0 Å². The van der Waals surface area contributed by atoms with E-state index in [2.05, 4.69) is 78.4 Å². The summed E-state index contributed by atoms with van der Waals surface area (Å²) in [6, 6.07) is 12.8. The van der Waals surface area contributed by atoms with Gasteiger partial charge in [-0.25, -0.2) is 0 Å². The molecule has 2 unspecified atom stereocenters. The summed E-state index contributed by atoms with van der Waals surface area (Å²) in [5.74, 6) is 2.50. The van der Waals surface area contributed by atoms with Crippen molar-refractivity contribution in [2.75, 3.05) is 6.61 Å². The molecule has 4 aliphatic rings. The maximum Gasteiger partial charge on any atom is 0.175 e. The summed E-state index contributed by atoms with van der Waals surface area (Å²) in [6.45, 7) is 11.2. The van der Waals surface area contributed by atoms with E-state index >= 15 is 0 Å². The molecular formula is C29H38BrNO2. The predicted octanol–water partition coefficient (Wildman–Crippen LogP) is 7.57. The zero-order chi connectivity index (χ0) is 23.3. The van der Waals surface area contributed by atoms with E-state index < -0.39 is 0 Å². The lowest BCUT2D eigenvalue weighted by Crippen LogP contribution is -2.63. The molecule has 4 aliphatic carbocycles. The maximum absolute atomic E-state index is 6.21. The fraction of sp³-hybridized carbons (Fsp3) is 0.586. The molecule has 0 amide bonds. The number of rotatable bonds is 8. The smallest absolute Gasteiger partial charge is 0.175 e. The molecule has 4 bridgehead atoms. The topological polar surface area (TPSA) is 30.5 Å². The Morgan fingerprint density at radius 3 is 2.27 bits per heavy atom. The van der Waals surface area contributed by atoms with E-state index in [9.17, 15) is 0 Å². The highest BCUT2D eigenvalue weighted by Crippen LogP contribution is 2.66. The standard InChI is InChI=1S/C29H38BrNO2/c1-5-32-25-11-22(10-24(30)26(25)33-16-21-8-6-20(2)7-9-21)15-31-29-14-23-12-27(3,18-29)17-28(4,13-23)19-29/h6-11,23,31H,5,12-19H2,1-4H3. The van der Waals surface area contributed by atoms with Crippen molar-refractivity contribution in [3.63, 3.8) is 0 Å². The average Bonchev–Trinajstić information content (AvgIpc) is 2.71. The van der Waals surface area contributed by atoms with Gasteiger partial charge >= 0.3 is 0 Å². The van der Waals surface area contributed by atoms with Crippen LogP contribution in [0.3, 0.4) is 0 Å². The minimum atomic E-state index is 0.293. The van der Waals surface area contributed by atoms with Crippen LogP contribution < -0.4 is 14.8 Å². The number of halogens is 1. The van der Waals surface area contributed by atoms with Gasteiger partial charge in [-0.15, -0.1) is 0 Å². The first-order valence-corrected chi connectivity index (χ1v) is 13.4. The Kier molecular flexibility index (Phi) is 6.06. The number of nitrogens with one attached hydrogen (secondary N) is 1. The summed E-state index contributed by atoms with van der Waals surface area (Å²) in [5, 5.41) is 4.06. The summed E-state index contributed by atoms with van der Waals surface area (Å²) >= 11 is 3.77. The average molecular weight is 513 g/mol. The van der Waals surface area contributed by atoms with Crippen molar-refractivity contribution < 1.29 is 9.47 Å². The van der Waals surface area contributed by atoms with Crippen molar-refractivity contribution in [3.05, 3.63) is 57.6 Å². The van der Waals surface area contributed by atoms with Crippen LogP contribution in [0.2, 0.25) is 0 Å². The molecule has 2 aromatic carbocycles. The van der Waals surface area contributed by atoms with Crippen LogP contribution in [0.4, 0.5) is 0 Å². The van der Waals surface area contributed by atoms with Crippen molar-refractivity contribution >= 4 is 15.9 Å². The third-order valence-corrected chi connectivity index (χ3v) is 8.76. The highest BCUT2D eigenvalue weighted by Gasteiger charge is 2.59. The Hall–Kier alpha value is -1.52. The lowest BCUT2D eigenvalue weighted by atomic mass is 9.43. The van der Waals surface area contributed by atoms with Crippen molar-refractivity contribution in [2.45, 2.75) is 84.9 Å². The Labute approximate surface area is 207 Å². The maximum atomic E-state index is 6.21. The summed E-state index contributed by atoms with van der Waals surface area (Å²) in [6.07, 6.45) is 8.26. The number of benzene rings is 2. The van der Waals surface area contributed by atoms with Crippen LogP contribution in [0.1, 0.15) is 76.0 Å². The fourth-order valence-corrected chi connectivity index (χ4v) is 8.50. The van der Waals surface area contributed by atoms with Crippen LogP contribution in [0.5, 0.6) is 11.5 Å². The van der Waals surface area contributed by atoms with Gasteiger partial charge in [-0.05, 0) is 108 Å². The van der Waals surface area contributed by atoms with Crippen molar-refractivity contribution in [1.29, 1.82) is 0 Å². The second kappa shape index (κ2) is 8.61. The van der Waals surface area contributed by atoms with Crippen LogP contribution in [-0.2, 0) is 13.2 Å². The number of hydrogen-bond acceptors (Lipinski definition) is 3. The molecule has 33 heavy (non-hydrogen) atoms. The molecule has 0 radical (unpaired) electrons. The van der Waals surface area contributed by atoms with Gasteiger partial charge in [0.05, 0.1) is 11.1 Å². The monoisotopic (exact) mass is 511 g/mol. The first-order valence-electron chi connectivity index (χ1n) is 12.6. The first kappa shape index (κ1) is 23.2. The highest BCUT2D eigenvalue weighted by atomic mass is 79.9. The summed E-state index contributed by atoms with van der Waals surface area (Å²) in [4.78, 5) is 0. The van der Waals surface area contributed by atoms with Gasteiger partial charge in [0.15, 0.2) is 11.5 Å². The van der Waals surface area contributed by atoms with Gasteiger partial charge in [0.2, 0.25) is 0 Å². The Bertz CT molecular complexity index is 999. The van der Waals surface area contributed by atoms with E-state index in [0.717, 1.165) is 34.0 Å². The van der Waals surface area contributed by atoms with Crippen LogP contribution in [0, 0.1) is 23.7 Å². The molecule has 6 rings (SSSR count). The molecule has 2 aromatic rings. The van der Waals surface area contributed by atoms with Gasteiger partial charge in [0.1, 0.15) is 6.61 Å². The van der Waals surface area contributed by atoms with E-state index in [-0.39, 0.29) is 0 Å². The van der Waals surface area contributed by atoms with Crippen LogP contribution in [-0.4, -0.2) is 12.1 Å². The van der Waals surface area contributed by atoms with E-state index in [1.807, 2.05) is 6.92 Å². The largest absolute Gasteiger partial charge is 0.490 e. The molecule has 4 saturated carbocycles. The number of hydrogen-bond donors (Lipinski definition) is 1. The molecular weight excluding hydrogens is 474 g/mol. The van der Waals surface area contributed by atoms with Gasteiger partial charge in [0, 0.05) is 12.1 Å². The normalized spacial score (nSPS) is 32.2. The fourth-order valence-electron chi connectivity index (χ4n) is 7.90. The molecule has 0 saturated heterocycles. The molecule has 1 N–H and O–H groups in total. The quantitative estimate of drug-likeness (QED) is 0.396. The van der Waals surface area contributed by atoms with E-state index in [0.29, 0.717) is 29.6 Å². The third-order valence-electron chi connectivity index (χ3n) is 8.17. The van der Waals surface area contributed by atoms with E-state index in [1.54, 1.807) is 0 Å². The molecule has 0 heterocycles. The molecule has 178 valence electrons. The molecule has 4 fully saturated rings. The minimum absolute atomic E-state index is 0.293. The second-order valence-corrected chi connectivity index (χ2v) is 12.7. The van der Waals surface area contributed by atoms with Crippen molar-refractivity contribution in [1.82, 2.24) is 5.32 Å². The van der Waals surface area contributed by atoms with Crippen LogP contribution >= 0.6 is 15.9 Å². The SMILES string of the molecule is CCOc1cc(CNC23CC4CC(C)(CC(C)(C4)C2)C3)cc(Br)c1OCc1ccc(C)cc1. The minimum Gasteiger partial charge on any atom is -0.490 e. The van der Waals surface area contributed by atoms with Crippen LogP contribution in [0.25, 0.3) is 0 Å². The second-order valence-electron chi connectivity index (χ2n) is 11.9. The van der Waals surface area contributed by atoms with E-state index in [4.69, 9.17) is 9.47 Å². The third kappa shape index (κ3) is 4.84. The summed E-state index contributed by atoms with van der Waals surface area (Å²) < 4.78 is 13.2. The predicted molar refractivity (Wildman–Crippen MR) is 138 cm³/mol. The lowest BCUT2D eigenvalue weighted by molar-refractivity contribution is -0.118. The first-order chi connectivity index (χ1) is 15.7. The molecule has 0 aromatic heterocycles. The van der Waals surface area contributed by atoms with Gasteiger partial charge in [-0.1, -0.05) is 43.7 Å². The zero-order valence-electron chi connectivity index (χ0n) is 20.6. The van der Waals surface area contributed by atoms with Crippen molar-refractivity contribution in [3.8, 4) is 11.5 Å². The summed E-state index contributed by atoms with van der Waals surface area (Å²) in [5.41, 5.74) is 5.00. The zero-order valence-corrected chi connectivity index (χ0v) is 22.2. The molecule has 0 aliphatic heterocycles. The molecule has 4 heteroatoms. The Morgan fingerprint density at radius 1 is 0.939 bits per heavy atom. The number of ether oxygens (including phenoxy) is 2. The summed E-state index contributed by atoms with van der Waals surface area (Å²) in [7, 11) is 0. The van der Waals surface area contributed by atoms with Gasteiger partial charge in [-0.2, -0.15) is 0 Å². The lowest BCUT2D eigenvalue weighted by Gasteiger charge is -2.65. The Morgan fingerprint density at radius 2 is 1.64 bits per heavy atom. The molecule has 0 spiro atoms. The highest BCUT2D eigenvalue weighted by molar-refractivity contribution is 9.10.